The van der Waals surface area contributed by atoms with E-state index in [0.717, 1.165) is 30.1 Å². The highest BCUT2D eigenvalue weighted by Crippen LogP contribution is 2.41. The van der Waals surface area contributed by atoms with Gasteiger partial charge in [0.2, 0.25) is 0 Å². The molecule has 1 aliphatic heterocycles. The van der Waals surface area contributed by atoms with Gasteiger partial charge in [0.15, 0.2) is 0 Å². The van der Waals surface area contributed by atoms with Crippen molar-refractivity contribution in [3.63, 3.8) is 0 Å². The minimum Gasteiger partial charge on any atom is -0.494 e. The first-order valence-electron chi connectivity index (χ1n) is 8.31. The fraction of sp³-hybridized carbons (Fsp3) is 0.368. The third-order valence-electron chi connectivity index (χ3n) is 4.30. The summed E-state index contributed by atoms with van der Waals surface area (Å²) in [5, 5.41) is 9.18. The molecule has 6 heteroatoms. The van der Waals surface area contributed by atoms with Gasteiger partial charge in [0.05, 0.1) is 24.9 Å². The molecule has 2 aromatic carbocycles. The van der Waals surface area contributed by atoms with E-state index in [9.17, 15) is 0 Å². The second-order valence-electron chi connectivity index (χ2n) is 6.04. The average molecular weight is 360 g/mol. The van der Waals surface area contributed by atoms with Crippen LogP contribution in [0.25, 0.3) is 0 Å². The van der Waals surface area contributed by atoms with Crippen LogP contribution in [0.2, 0.25) is 5.02 Å². The molecular weight excluding hydrogens is 338 g/mol. The van der Waals surface area contributed by atoms with Crippen molar-refractivity contribution in [2.45, 2.75) is 19.8 Å². The molecule has 132 valence electrons. The lowest BCUT2D eigenvalue weighted by Gasteiger charge is -2.21. The van der Waals surface area contributed by atoms with Crippen LogP contribution in [0.15, 0.2) is 40.6 Å². The van der Waals surface area contributed by atoms with Crippen molar-refractivity contribution in [1.29, 1.82) is 0 Å². The van der Waals surface area contributed by atoms with Crippen LogP contribution in [0.4, 0.5) is 17.1 Å². The zero-order chi connectivity index (χ0) is 17.8. The summed E-state index contributed by atoms with van der Waals surface area (Å²) in [7, 11) is 3.30. The molecule has 25 heavy (non-hydrogen) atoms. The van der Waals surface area contributed by atoms with E-state index in [1.165, 1.54) is 12.8 Å². The Labute approximate surface area is 153 Å². The molecule has 1 fully saturated rings. The van der Waals surface area contributed by atoms with Gasteiger partial charge in [-0.2, -0.15) is 0 Å². The molecule has 0 N–H and O–H groups in total. The molecule has 0 atom stereocenters. The minimum absolute atomic E-state index is 0.573. The van der Waals surface area contributed by atoms with Crippen LogP contribution >= 0.6 is 11.6 Å². The van der Waals surface area contributed by atoms with Gasteiger partial charge < -0.3 is 14.4 Å². The topological polar surface area (TPSA) is 46.4 Å². The molecule has 2 aromatic rings. The Morgan fingerprint density at radius 2 is 1.60 bits per heavy atom. The third-order valence-corrected chi connectivity index (χ3v) is 4.60. The molecule has 0 amide bonds. The fourth-order valence-corrected chi connectivity index (χ4v) is 3.22. The molecule has 1 saturated heterocycles. The van der Waals surface area contributed by atoms with Gasteiger partial charge in [0.25, 0.3) is 0 Å². The number of aryl methyl sites for hydroxylation is 1. The predicted octanol–water partition coefficient (Wildman–Crippen LogP) is 5.68. The molecule has 0 unspecified atom stereocenters. The maximum absolute atomic E-state index is 6.22. The van der Waals surface area contributed by atoms with Gasteiger partial charge in [-0.25, -0.2) is 0 Å². The van der Waals surface area contributed by atoms with E-state index >= 15 is 0 Å². The van der Waals surface area contributed by atoms with E-state index in [4.69, 9.17) is 21.1 Å². The summed E-state index contributed by atoms with van der Waals surface area (Å²) in [6.07, 6.45) is 2.39. The van der Waals surface area contributed by atoms with Gasteiger partial charge in [-0.05, 0) is 37.5 Å². The molecule has 0 aromatic heterocycles. The molecular formula is C19H22ClN3O2. The second kappa shape index (κ2) is 7.74. The van der Waals surface area contributed by atoms with Crippen LogP contribution in [0, 0.1) is 6.92 Å². The van der Waals surface area contributed by atoms with Gasteiger partial charge in [-0.1, -0.05) is 17.7 Å². The Morgan fingerprint density at radius 1 is 0.920 bits per heavy atom. The van der Waals surface area contributed by atoms with Crippen molar-refractivity contribution in [1.82, 2.24) is 0 Å². The van der Waals surface area contributed by atoms with Crippen molar-refractivity contribution >= 4 is 28.7 Å². The Bertz CT molecular complexity index is 786. The molecule has 0 bridgehead atoms. The van der Waals surface area contributed by atoms with Crippen LogP contribution in [0.5, 0.6) is 11.5 Å². The van der Waals surface area contributed by atoms with Gasteiger partial charge in [-0.15, -0.1) is 10.2 Å². The predicted molar refractivity (Wildman–Crippen MR) is 101 cm³/mol. The van der Waals surface area contributed by atoms with E-state index < -0.39 is 0 Å². The van der Waals surface area contributed by atoms with E-state index in [-0.39, 0.29) is 0 Å². The first-order valence-corrected chi connectivity index (χ1v) is 8.69. The number of azo groups is 1. The second-order valence-corrected chi connectivity index (χ2v) is 6.45. The number of rotatable bonds is 5. The number of hydrogen-bond donors (Lipinski definition) is 0. The molecule has 1 aliphatic rings. The van der Waals surface area contributed by atoms with Crippen molar-refractivity contribution < 1.29 is 9.47 Å². The van der Waals surface area contributed by atoms with Crippen LogP contribution in [-0.2, 0) is 0 Å². The first-order chi connectivity index (χ1) is 12.1. The van der Waals surface area contributed by atoms with Crippen LogP contribution in [0.3, 0.4) is 0 Å². The number of ether oxygens (including phenoxy) is 2. The lowest BCUT2D eigenvalue weighted by molar-refractivity contribution is 0.404. The molecule has 0 saturated carbocycles. The summed E-state index contributed by atoms with van der Waals surface area (Å²) in [6.45, 7) is 4.04. The first kappa shape index (κ1) is 17.5. The summed E-state index contributed by atoms with van der Waals surface area (Å²) in [6, 6.07) is 9.50. The smallest absolute Gasteiger partial charge is 0.148 e. The average Bonchev–Trinajstić information content (AvgIpc) is 3.14. The van der Waals surface area contributed by atoms with Crippen molar-refractivity contribution in [2.24, 2.45) is 10.2 Å². The van der Waals surface area contributed by atoms with Crippen LogP contribution in [0.1, 0.15) is 18.4 Å². The lowest BCUT2D eigenvalue weighted by Crippen LogP contribution is -2.18. The summed E-state index contributed by atoms with van der Waals surface area (Å²) in [5.41, 5.74) is 3.35. The summed E-state index contributed by atoms with van der Waals surface area (Å²) in [4.78, 5) is 2.30. The van der Waals surface area contributed by atoms with Gasteiger partial charge in [0, 0.05) is 25.2 Å². The largest absolute Gasteiger partial charge is 0.494 e. The summed E-state index contributed by atoms with van der Waals surface area (Å²) >= 11 is 6.22. The van der Waals surface area contributed by atoms with Crippen molar-refractivity contribution in [2.75, 3.05) is 32.2 Å². The zero-order valence-corrected chi connectivity index (χ0v) is 15.5. The standard InChI is InChI=1S/C19H22ClN3O2/c1-13-6-7-15(14(20)10-13)21-22-16-11-19(25-3)17(12-18(16)24-2)23-8-4-5-9-23/h6-7,10-12H,4-5,8-9H2,1-3H3/b22-21+. The Kier molecular flexibility index (Phi) is 5.43. The molecule has 0 radical (unpaired) electrons. The number of halogens is 1. The monoisotopic (exact) mass is 359 g/mol. The molecule has 0 aliphatic carbocycles. The number of hydrogen-bond acceptors (Lipinski definition) is 5. The highest BCUT2D eigenvalue weighted by atomic mass is 35.5. The highest BCUT2D eigenvalue weighted by molar-refractivity contribution is 6.33. The third kappa shape index (κ3) is 3.87. The number of anilines is 1. The molecule has 5 nitrogen and oxygen atoms in total. The highest BCUT2D eigenvalue weighted by Gasteiger charge is 2.19. The van der Waals surface area contributed by atoms with E-state index in [1.54, 1.807) is 14.2 Å². The molecule has 1 heterocycles. The Balaban J connectivity index is 1.96. The van der Waals surface area contributed by atoms with Gasteiger partial charge in [-0.3, -0.25) is 0 Å². The molecule has 0 spiro atoms. The number of nitrogens with zero attached hydrogens (tertiary/aromatic N) is 3. The maximum atomic E-state index is 6.22. The Hall–Kier alpha value is -2.27. The number of methoxy groups -OCH3 is 2. The van der Waals surface area contributed by atoms with Gasteiger partial charge >= 0.3 is 0 Å². The van der Waals surface area contributed by atoms with E-state index in [2.05, 4.69) is 15.1 Å². The van der Waals surface area contributed by atoms with Crippen molar-refractivity contribution in [3.8, 4) is 11.5 Å². The quantitative estimate of drug-likeness (QED) is 0.645. The lowest BCUT2D eigenvalue weighted by atomic mass is 10.2. The van der Waals surface area contributed by atoms with E-state index in [0.29, 0.717) is 22.1 Å². The maximum Gasteiger partial charge on any atom is 0.148 e. The van der Waals surface area contributed by atoms with Gasteiger partial charge in [0.1, 0.15) is 22.9 Å². The van der Waals surface area contributed by atoms with Crippen LogP contribution < -0.4 is 14.4 Å². The van der Waals surface area contributed by atoms with E-state index in [1.807, 2.05) is 37.3 Å². The molecule has 3 rings (SSSR count). The zero-order valence-electron chi connectivity index (χ0n) is 14.8. The summed E-state index contributed by atoms with van der Waals surface area (Å²) in [5.74, 6) is 1.43. The SMILES string of the molecule is COc1cc(N2CCCC2)c(OC)cc1/N=N/c1ccc(C)cc1Cl. The minimum atomic E-state index is 0.573. The number of benzene rings is 2. The summed E-state index contributed by atoms with van der Waals surface area (Å²) < 4.78 is 11.1. The fourth-order valence-electron chi connectivity index (χ4n) is 2.95. The van der Waals surface area contributed by atoms with Crippen LogP contribution in [-0.4, -0.2) is 27.3 Å². The van der Waals surface area contributed by atoms with Crippen molar-refractivity contribution in [3.05, 3.63) is 40.9 Å². The Morgan fingerprint density at radius 3 is 2.24 bits per heavy atom. The normalized spacial score (nSPS) is 14.3.